The Morgan fingerprint density at radius 1 is 1.10 bits per heavy atom. The molecule has 0 aliphatic heterocycles. The molecule has 0 unspecified atom stereocenters. The van der Waals surface area contributed by atoms with Crippen molar-refractivity contribution in [2.75, 3.05) is 19.8 Å². The zero-order valence-corrected chi connectivity index (χ0v) is 16.2. The van der Waals surface area contributed by atoms with Crippen LogP contribution in [0.2, 0.25) is 5.02 Å². The van der Waals surface area contributed by atoms with Gasteiger partial charge in [-0.25, -0.2) is 10.2 Å². The van der Waals surface area contributed by atoms with Crippen molar-refractivity contribution in [1.29, 1.82) is 0 Å². The van der Waals surface area contributed by atoms with E-state index >= 15 is 0 Å². The monoisotopic (exact) mass is 468 g/mol. The van der Waals surface area contributed by atoms with Crippen molar-refractivity contribution in [2.24, 2.45) is 5.10 Å². The third kappa shape index (κ3) is 6.28. The SMILES string of the molecule is CCOC(=O)COc1c(Cl)cc(/C=N/NC(F)(F)C(F)(F)C(F)(F)F)cc1OCC. The quantitative estimate of drug-likeness (QED) is 0.181. The highest BCUT2D eigenvalue weighted by Crippen LogP contribution is 2.45. The highest BCUT2D eigenvalue weighted by Gasteiger charge is 2.73. The Bertz CT molecular complexity index is 773. The van der Waals surface area contributed by atoms with Crippen LogP contribution in [0.5, 0.6) is 11.5 Å². The molecule has 6 nitrogen and oxygen atoms in total. The molecule has 0 atom stereocenters. The van der Waals surface area contributed by atoms with Gasteiger partial charge in [-0.05, 0) is 31.5 Å². The van der Waals surface area contributed by atoms with Crippen LogP contribution in [0.3, 0.4) is 0 Å². The van der Waals surface area contributed by atoms with Crippen LogP contribution in [-0.4, -0.2) is 50.1 Å². The van der Waals surface area contributed by atoms with Crippen molar-refractivity contribution in [1.82, 2.24) is 5.43 Å². The largest absolute Gasteiger partial charge is 0.490 e. The Morgan fingerprint density at radius 3 is 2.27 bits per heavy atom. The maximum atomic E-state index is 13.2. The van der Waals surface area contributed by atoms with E-state index in [0.717, 1.165) is 12.1 Å². The molecule has 0 saturated carbocycles. The van der Waals surface area contributed by atoms with Crippen LogP contribution < -0.4 is 14.9 Å². The lowest BCUT2D eigenvalue weighted by Crippen LogP contribution is -2.58. The van der Waals surface area contributed by atoms with E-state index in [9.17, 15) is 35.5 Å². The van der Waals surface area contributed by atoms with Crippen LogP contribution in [-0.2, 0) is 9.53 Å². The molecular weight excluding hydrogens is 453 g/mol. The number of halogens is 8. The molecule has 1 aromatic carbocycles. The number of hydrazone groups is 1. The van der Waals surface area contributed by atoms with Crippen LogP contribution >= 0.6 is 11.6 Å². The van der Waals surface area contributed by atoms with Crippen LogP contribution in [0.4, 0.5) is 30.7 Å². The van der Waals surface area contributed by atoms with Crippen molar-refractivity contribution >= 4 is 23.8 Å². The fourth-order valence-corrected chi connectivity index (χ4v) is 2.11. The number of carbonyl (C=O) groups is 1. The summed E-state index contributed by atoms with van der Waals surface area (Å²) in [5.74, 6) is -7.25. The summed E-state index contributed by atoms with van der Waals surface area (Å²) in [4.78, 5) is 11.4. The van der Waals surface area contributed by atoms with E-state index in [4.69, 9.17) is 21.1 Å². The predicted octanol–water partition coefficient (Wildman–Crippen LogP) is 4.39. The summed E-state index contributed by atoms with van der Waals surface area (Å²) in [5, 5.41) is 2.55. The molecule has 170 valence electrons. The molecule has 0 saturated heterocycles. The van der Waals surface area contributed by atoms with Gasteiger partial charge in [0.1, 0.15) is 0 Å². The van der Waals surface area contributed by atoms with Crippen LogP contribution in [0, 0.1) is 0 Å². The van der Waals surface area contributed by atoms with E-state index in [-0.39, 0.29) is 35.3 Å². The molecule has 0 aliphatic carbocycles. The summed E-state index contributed by atoms with van der Waals surface area (Å²) in [6, 6.07) is -3.52. The van der Waals surface area contributed by atoms with Crippen LogP contribution in [0.15, 0.2) is 17.2 Å². The Labute approximate surface area is 170 Å². The molecule has 0 spiro atoms. The molecule has 1 aromatic rings. The van der Waals surface area contributed by atoms with Gasteiger partial charge < -0.3 is 14.2 Å². The second kappa shape index (κ2) is 10.0. The van der Waals surface area contributed by atoms with Gasteiger partial charge in [-0.3, -0.25) is 0 Å². The standard InChI is InChI=1S/C16H16ClF7N2O4/c1-3-28-11-6-9(5-10(17)13(11)30-8-12(27)29-4-2)7-25-26-16(23,24)14(18,19)15(20,21)22/h5-7,26H,3-4,8H2,1-2H3/b25-7+. The Morgan fingerprint density at radius 2 is 1.73 bits per heavy atom. The van der Waals surface area contributed by atoms with Gasteiger partial charge in [0.25, 0.3) is 0 Å². The van der Waals surface area contributed by atoms with Crippen molar-refractivity contribution in [2.45, 2.75) is 32.0 Å². The van der Waals surface area contributed by atoms with E-state index in [1.807, 2.05) is 0 Å². The minimum Gasteiger partial charge on any atom is -0.490 e. The van der Waals surface area contributed by atoms with Gasteiger partial charge in [0.05, 0.1) is 24.5 Å². The maximum absolute atomic E-state index is 13.2. The second-order valence-electron chi connectivity index (χ2n) is 5.37. The molecule has 0 bridgehead atoms. The summed E-state index contributed by atoms with van der Waals surface area (Å²) >= 11 is 5.98. The topological polar surface area (TPSA) is 69.2 Å². The number of benzene rings is 1. The van der Waals surface area contributed by atoms with Crippen LogP contribution in [0.25, 0.3) is 0 Å². The number of carbonyl (C=O) groups excluding carboxylic acids is 1. The van der Waals surface area contributed by atoms with Gasteiger partial charge in [0.2, 0.25) is 0 Å². The number of esters is 1. The summed E-state index contributed by atoms with van der Waals surface area (Å²) in [6.07, 6.45) is -5.98. The smallest absolute Gasteiger partial charge is 0.462 e. The molecule has 1 rings (SSSR count). The summed E-state index contributed by atoms with van der Waals surface area (Å²) in [7, 11) is 0. The van der Waals surface area contributed by atoms with E-state index in [0.29, 0.717) is 11.6 Å². The van der Waals surface area contributed by atoms with E-state index in [1.54, 1.807) is 13.8 Å². The molecule has 1 N–H and O–H groups in total. The van der Waals surface area contributed by atoms with Gasteiger partial charge in [-0.15, -0.1) is 0 Å². The molecule has 0 amide bonds. The number of nitrogens with one attached hydrogen (secondary N) is 1. The second-order valence-corrected chi connectivity index (χ2v) is 5.78. The molecular formula is C16H16ClF7N2O4. The summed E-state index contributed by atoms with van der Waals surface area (Å²) in [5.41, 5.74) is 0.378. The van der Waals surface area contributed by atoms with E-state index in [1.165, 1.54) is 0 Å². The fourth-order valence-electron chi connectivity index (χ4n) is 1.84. The van der Waals surface area contributed by atoms with Crippen molar-refractivity contribution in [3.63, 3.8) is 0 Å². The Balaban J connectivity index is 3.04. The fraction of sp³-hybridized carbons (Fsp3) is 0.500. The third-order valence-corrected chi connectivity index (χ3v) is 3.42. The number of ether oxygens (including phenoxy) is 3. The van der Waals surface area contributed by atoms with Gasteiger partial charge in [-0.2, -0.15) is 35.8 Å². The number of alkyl halides is 7. The zero-order chi connectivity index (χ0) is 23.2. The Kier molecular flexibility index (Phi) is 8.57. The molecule has 30 heavy (non-hydrogen) atoms. The number of hydrogen-bond donors (Lipinski definition) is 1. The summed E-state index contributed by atoms with van der Waals surface area (Å²) < 4.78 is 103. The molecule has 0 heterocycles. The average molecular weight is 469 g/mol. The number of rotatable bonds is 10. The van der Waals surface area contributed by atoms with Gasteiger partial charge in [-0.1, -0.05) is 11.6 Å². The number of nitrogens with zero attached hydrogens (tertiary/aromatic N) is 1. The summed E-state index contributed by atoms with van der Waals surface area (Å²) in [6.45, 7) is 2.81. The van der Waals surface area contributed by atoms with Gasteiger partial charge in [0.15, 0.2) is 18.1 Å². The van der Waals surface area contributed by atoms with Crippen LogP contribution in [0.1, 0.15) is 19.4 Å². The minimum atomic E-state index is -6.50. The van der Waals surface area contributed by atoms with E-state index in [2.05, 4.69) is 9.84 Å². The minimum absolute atomic E-state index is 0.0665. The first-order valence-corrected chi connectivity index (χ1v) is 8.52. The first-order chi connectivity index (χ1) is 13.8. The lowest BCUT2D eigenvalue weighted by atomic mass is 10.2. The van der Waals surface area contributed by atoms with E-state index < -0.39 is 30.7 Å². The third-order valence-electron chi connectivity index (χ3n) is 3.14. The van der Waals surface area contributed by atoms with Crippen molar-refractivity contribution < 1.29 is 49.7 Å². The van der Waals surface area contributed by atoms with Gasteiger partial charge >= 0.3 is 24.1 Å². The normalized spacial score (nSPS) is 12.7. The maximum Gasteiger partial charge on any atom is 0.462 e. The highest BCUT2D eigenvalue weighted by atomic mass is 35.5. The van der Waals surface area contributed by atoms with Gasteiger partial charge in [0, 0.05) is 0 Å². The molecule has 0 radical (unpaired) electrons. The predicted molar refractivity (Wildman–Crippen MR) is 91.4 cm³/mol. The average Bonchev–Trinajstić information content (AvgIpc) is 2.60. The first kappa shape index (κ1) is 25.6. The first-order valence-electron chi connectivity index (χ1n) is 8.14. The molecule has 0 aliphatic rings. The lowest BCUT2D eigenvalue weighted by Gasteiger charge is -2.27. The Hall–Kier alpha value is -2.44. The molecule has 14 heteroatoms. The molecule has 0 aromatic heterocycles. The molecule has 0 fully saturated rings. The number of hydrogen-bond acceptors (Lipinski definition) is 6. The van der Waals surface area contributed by atoms with Crippen molar-refractivity contribution in [3.8, 4) is 11.5 Å². The van der Waals surface area contributed by atoms with Crippen molar-refractivity contribution in [3.05, 3.63) is 22.7 Å². The lowest BCUT2D eigenvalue weighted by molar-refractivity contribution is -0.361. The zero-order valence-electron chi connectivity index (χ0n) is 15.5. The highest BCUT2D eigenvalue weighted by molar-refractivity contribution is 6.32.